The van der Waals surface area contributed by atoms with Crippen molar-refractivity contribution in [1.29, 1.82) is 0 Å². The number of hydrogen-bond acceptors (Lipinski definition) is 4. The predicted molar refractivity (Wildman–Crippen MR) is 150 cm³/mol. The minimum Gasteiger partial charge on any atom is -0.481 e. The Bertz CT molecular complexity index is 1830. The molecule has 0 amide bonds. The number of pyridine rings is 1. The Morgan fingerprint density at radius 1 is 1.15 bits per heavy atom. The van der Waals surface area contributed by atoms with Crippen molar-refractivity contribution in [3.63, 3.8) is 0 Å². The van der Waals surface area contributed by atoms with Gasteiger partial charge in [0.25, 0.3) is 0 Å². The van der Waals surface area contributed by atoms with E-state index < -0.39 is 11.9 Å². The Hall–Kier alpha value is -4.21. The molecule has 0 saturated heterocycles. The third-order valence-electron chi connectivity index (χ3n) is 8.69. The van der Waals surface area contributed by atoms with Gasteiger partial charge in [-0.2, -0.15) is 4.39 Å². The SMILES string of the molecule is CC(CC(=O)O)c1ccc(-c2c(-c3cn(C4CC4)nc3F)[nH]c3ncc4c(c23)n(C2CCCC2)c(=O)n4C)cc1. The molecule has 2 N–H and O–H groups in total. The van der Waals surface area contributed by atoms with E-state index in [0.29, 0.717) is 16.9 Å². The molecule has 2 aliphatic rings. The van der Waals surface area contributed by atoms with Crippen LogP contribution in [0.4, 0.5) is 4.39 Å². The Balaban J connectivity index is 1.51. The molecule has 1 unspecified atom stereocenters. The molecule has 4 heterocycles. The number of H-pyrrole nitrogens is 1. The number of fused-ring (bicyclic) bond motifs is 3. The lowest BCUT2D eigenvalue weighted by Gasteiger charge is -2.13. The highest BCUT2D eigenvalue weighted by Crippen LogP contribution is 2.44. The van der Waals surface area contributed by atoms with Gasteiger partial charge in [0.1, 0.15) is 5.65 Å². The number of halogens is 1. The summed E-state index contributed by atoms with van der Waals surface area (Å²) in [5, 5.41) is 14.2. The van der Waals surface area contributed by atoms with Gasteiger partial charge in [0.2, 0.25) is 5.95 Å². The Kier molecular flexibility index (Phi) is 5.69. The molecule has 206 valence electrons. The summed E-state index contributed by atoms with van der Waals surface area (Å²) in [6, 6.07) is 8.07. The first-order valence-corrected chi connectivity index (χ1v) is 14.0. The van der Waals surface area contributed by atoms with E-state index in [1.807, 2.05) is 35.8 Å². The maximum absolute atomic E-state index is 15.4. The molecule has 10 heteroatoms. The molecule has 2 saturated carbocycles. The summed E-state index contributed by atoms with van der Waals surface area (Å²) >= 11 is 0. The van der Waals surface area contributed by atoms with Gasteiger partial charge in [0, 0.05) is 24.8 Å². The summed E-state index contributed by atoms with van der Waals surface area (Å²) in [7, 11) is 1.77. The molecule has 0 spiro atoms. The number of benzene rings is 1. The smallest absolute Gasteiger partial charge is 0.329 e. The van der Waals surface area contributed by atoms with Crippen molar-refractivity contribution in [2.24, 2.45) is 7.05 Å². The number of hydrogen-bond donors (Lipinski definition) is 2. The fourth-order valence-electron chi connectivity index (χ4n) is 6.39. The average molecular weight is 543 g/mol. The number of rotatable bonds is 7. The van der Waals surface area contributed by atoms with Gasteiger partial charge in [0.05, 0.1) is 46.3 Å². The fraction of sp³-hybridized carbons (Fsp3) is 0.400. The molecule has 1 aromatic carbocycles. The van der Waals surface area contributed by atoms with Gasteiger partial charge >= 0.3 is 11.7 Å². The summed E-state index contributed by atoms with van der Waals surface area (Å²) in [5.74, 6) is -1.55. The molecule has 40 heavy (non-hydrogen) atoms. The minimum atomic E-state index is -0.846. The first kappa shape index (κ1) is 24.8. The second kappa shape index (κ2) is 9.18. The van der Waals surface area contributed by atoms with E-state index in [-0.39, 0.29) is 30.1 Å². The lowest BCUT2D eigenvalue weighted by molar-refractivity contribution is -0.137. The van der Waals surface area contributed by atoms with Crippen molar-refractivity contribution >= 4 is 28.0 Å². The Morgan fingerprint density at radius 3 is 2.55 bits per heavy atom. The number of carboxylic acids is 1. The normalized spacial score (nSPS) is 16.9. The van der Waals surface area contributed by atoms with Crippen molar-refractivity contribution < 1.29 is 14.3 Å². The fourth-order valence-corrected chi connectivity index (χ4v) is 6.39. The third kappa shape index (κ3) is 3.88. The second-order valence-corrected chi connectivity index (χ2v) is 11.4. The van der Waals surface area contributed by atoms with Gasteiger partial charge in [-0.25, -0.2) is 9.78 Å². The maximum atomic E-state index is 15.4. The molecule has 0 aliphatic heterocycles. The number of carboxylic acid groups (broad SMARTS) is 1. The zero-order valence-electron chi connectivity index (χ0n) is 22.5. The van der Waals surface area contributed by atoms with Crippen LogP contribution < -0.4 is 5.69 Å². The van der Waals surface area contributed by atoms with Gasteiger partial charge in [0.15, 0.2) is 0 Å². The largest absolute Gasteiger partial charge is 0.481 e. The van der Waals surface area contributed by atoms with Crippen LogP contribution in [-0.4, -0.2) is 40.0 Å². The summed E-state index contributed by atoms with van der Waals surface area (Å²) in [6.07, 6.45) is 9.51. The lowest BCUT2D eigenvalue weighted by Crippen LogP contribution is -2.24. The van der Waals surface area contributed by atoms with Crippen molar-refractivity contribution in [2.45, 2.75) is 69.9 Å². The maximum Gasteiger partial charge on any atom is 0.329 e. The van der Waals surface area contributed by atoms with Crippen LogP contribution in [0.5, 0.6) is 0 Å². The van der Waals surface area contributed by atoms with E-state index in [1.54, 1.807) is 28.7 Å². The first-order chi connectivity index (χ1) is 19.3. The molecule has 4 aromatic heterocycles. The molecule has 2 aliphatic carbocycles. The minimum absolute atomic E-state index is 0.0332. The van der Waals surface area contributed by atoms with Crippen molar-refractivity contribution in [1.82, 2.24) is 28.9 Å². The second-order valence-electron chi connectivity index (χ2n) is 11.4. The van der Waals surface area contributed by atoms with Crippen LogP contribution >= 0.6 is 0 Å². The number of aryl methyl sites for hydroxylation is 1. The highest BCUT2D eigenvalue weighted by atomic mass is 19.1. The Labute approximate surface area is 229 Å². The highest BCUT2D eigenvalue weighted by molar-refractivity contribution is 6.14. The highest BCUT2D eigenvalue weighted by Gasteiger charge is 2.31. The molecule has 9 nitrogen and oxygen atoms in total. The molecule has 2 fully saturated rings. The molecular weight excluding hydrogens is 511 g/mol. The van der Waals surface area contributed by atoms with E-state index in [2.05, 4.69) is 10.1 Å². The summed E-state index contributed by atoms with van der Waals surface area (Å²) in [4.78, 5) is 32.9. The van der Waals surface area contributed by atoms with Gasteiger partial charge < -0.3 is 10.1 Å². The number of carbonyl (C=O) groups is 1. The number of aromatic nitrogens is 6. The molecule has 1 atom stereocenters. The van der Waals surface area contributed by atoms with Crippen LogP contribution in [0.3, 0.4) is 0 Å². The zero-order valence-corrected chi connectivity index (χ0v) is 22.5. The van der Waals surface area contributed by atoms with Crippen molar-refractivity contribution in [2.75, 3.05) is 0 Å². The number of nitrogens with zero attached hydrogens (tertiary/aromatic N) is 5. The predicted octanol–water partition coefficient (Wildman–Crippen LogP) is 5.91. The molecule has 0 radical (unpaired) electrons. The van der Waals surface area contributed by atoms with E-state index in [9.17, 15) is 14.7 Å². The van der Waals surface area contributed by atoms with Gasteiger partial charge in [-0.3, -0.25) is 18.6 Å². The quantitative estimate of drug-likeness (QED) is 0.265. The molecular formula is C30H31FN6O3. The standard InChI is InChI=1S/C30H31FN6O3/c1-16(13-23(38)39)17-7-9-18(10-8-17)24-25-27-22(35(2)30(40)37(27)20-5-3-4-6-20)14-32-29(25)33-26(24)21-15-36(19-11-12-19)34-28(21)31/h7-10,14-16,19-20H,3-6,11-13H2,1-2H3,(H,32,33)(H,38,39). The van der Waals surface area contributed by atoms with E-state index >= 15 is 4.39 Å². The summed E-state index contributed by atoms with van der Waals surface area (Å²) < 4.78 is 20.7. The van der Waals surface area contributed by atoms with Gasteiger partial charge in [-0.1, -0.05) is 44.0 Å². The van der Waals surface area contributed by atoms with E-state index in [0.717, 1.165) is 71.6 Å². The van der Waals surface area contributed by atoms with Crippen molar-refractivity contribution in [3.8, 4) is 22.4 Å². The van der Waals surface area contributed by atoms with E-state index in [4.69, 9.17) is 4.98 Å². The Morgan fingerprint density at radius 2 is 1.88 bits per heavy atom. The number of nitrogens with one attached hydrogen (secondary N) is 1. The van der Waals surface area contributed by atoms with Crippen LogP contribution in [0.1, 0.15) is 75.4 Å². The van der Waals surface area contributed by atoms with Crippen LogP contribution in [0.2, 0.25) is 0 Å². The van der Waals surface area contributed by atoms with Gasteiger partial charge in [-0.05, 0) is 42.7 Å². The number of imidazole rings is 1. The first-order valence-electron chi connectivity index (χ1n) is 14.0. The topological polar surface area (TPSA) is 111 Å². The summed E-state index contributed by atoms with van der Waals surface area (Å²) in [5.41, 5.74) is 5.48. The number of aromatic amines is 1. The zero-order chi connectivity index (χ0) is 27.7. The molecule has 5 aromatic rings. The van der Waals surface area contributed by atoms with Crippen LogP contribution in [0.15, 0.2) is 41.5 Å². The van der Waals surface area contributed by atoms with Crippen LogP contribution in [-0.2, 0) is 11.8 Å². The van der Waals surface area contributed by atoms with Crippen LogP contribution in [0.25, 0.3) is 44.5 Å². The van der Waals surface area contributed by atoms with Crippen LogP contribution in [0, 0.1) is 5.95 Å². The van der Waals surface area contributed by atoms with Crippen molar-refractivity contribution in [3.05, 3.63) is 58.7 Å². The summed E-state index contributed by atoms with van der Waals surface area (Å²) in [6.45, 7) is 1.89. The molecule has 7 rings (SSSR count). The van der Waals surface area contributed by atoms with Gasteiger partial charge in [-0.15, -0.1) is 5.10 Å². The van der Waals surface area contributed by atoms with E-state index in [1.165, 1.54) is 0 Å². The monoisotopic (exact) mass is 542 g/mol. The average Bonchev–Trinajstić information content (AvgIpc) is 3.22. The number of aliphatic carboxylic acids is 1. The molecule has 0 bridgehead atoms. The lowest BCUT2D eigenvalue weighted by atomic mass is 9.93. The third-order valence-corrected chi connectivity index (χ3v) is 8.69.